The van der Waals surface area contributed by atoms with Crippen molar-refractivity contribution < 1.29 is 4.39 Å². The maximum atomic E-state index is 13.3. The first kappa shape index (κ1) is 9.86. The van der Waals surface area contributed by atoms with Crippen LogP contribution >= 0.6 is 15.9 Å². The van der Waals surface area contributed by atoms with Crippen molar-refractivity contribution in [2.24, 2.45) is 5.73 Å². The van der Waals surface area contributed by atoms with Crippen LogP contribution in [0.5, 0.6) is 0 Å². The van der Waals surface area contributed by atoms with E-state index in [2.05, 4.69) is 26.2 Å². The third-order valence-electron chi connectivity index (χ3n) is 2.44. The van der Waals surface area contributed by atoms with Crippen molar-refractivity contribution in [2.45, 2.75) is 18.4 Å². The van der Waals surface area contributed by atoms with E-state index in [0.717, 1.165) is 12.8 Å². The number of nitrogens with zero attached hydrogens (tertiary/aromatic N) is 1. The number of aromatic nitrogens is 1. The molecule has 1 aliphatic carbocycles. The first-order valence-electron chi connectivity index (χ1n) is 4.44. The van der Waals surface area contributed by atoms with E-state index in [1.54, 1.807) is 6.20 Å². The maximum absolute atomic E-state index is 13.3. The van der Waals surface area contributed by atoms with E-state index in [4.69, 9.17) is 5.73 Å². The molecule has 1 aromatic heterocycles. The van der Waals surface area contributed by atoms with Crippen molar-refractivity contribution in [3.8, 4) is 0 Å². The van der Waals surface area contributed by atoms with Crippen LogP contribution in [-0.2, 0) is 0 Å². The summed E-state index contributed by atoms with van der Waals surface area (Å²) in [5, 5.41) is 3.04. The normalized spacial score (nSPS) is 17.9. The summed E-state index contributed by atoms with van der Waals surface area (Å²) in [6, 6.07) is 1.39. The van der Waals surface area contributed by atoms with E-state index in [1.807, 2.05) is 0 Å². The van der Waals surface area contributed by atoms with Gasteiger partial charge in [0.2, 0.25) is 0 Å². The lowest BCUT2D eigenvalue weighted by Crippen LogP contribution is -2.31. The van der Waals surface area contributed by atoms with Gasteiger partial charge in [0.05, 0.1) is 5.54 Å². The predicted molar refractivity (Wildman–Crippen MR) is 56.5 cm³/mol. The summed E-state index contributed by atoms with van der Waals surface area (Å²) in [6.07, 6.45) is 3.54. The molecule has 0 saturated heterocycles. The second-order valence-electron chi connectivity index (χ2n) is 3.59. The Hall–Kier alpha value is -0.680. The number of pyridine rings is 1. The minimum absolute atomic E-state index is 0.109. The van der Waals surface area contributed by atoms with Gasteiger partial charge in [-0.3, -0.25) is 0 Å². The van der Waals surface area contributed by atoms with Crippen molar-refractivity contribution >= 4 is 21.7 Å². The molecule has 0 amide bonds. The van der Waals surface area contributed by atoms with Gasteiger partial charge in [-0.2, -0.15) is 0 Å². The van der Waals surface area contributed by atoms with Crippen LogP contribution in [0.15, 0.2) is 16.7 Å². The smallest absolute Gasteiger partial charge is 0.166 e. The molecule has 1 heterocycles. The van der Waals surface area contributed by atoms with Gasteiger partial charge in [-0.15, -0.1) is 0 Å². The van der Waals surface area contributed by atoms with Crippen LogP contribution in [0.3, 0.4) is 0 Å². The molecule has 1 aromatic rings. The lowest BCUT2D eigenvalue weighted by atomic mass is 10.2. The minimum Gasteiger partial charge on any atom is -0.361 e. The Morgan fingerprint density at radius 2 is 2.36 bits per heavy atom. The largest absolute Gasteiger partial charge is 0.361 e. The molecule has 0 spiro atoms. The molecule has 2 rings (SSSR count). The number of hydrogen-bond acceptors (Lipinski definition) is 3. The second-order valence-corrected chi connectivity index (χ2v) is 4.51. The van der Waals surface area contributed by atoms with Gasteiger partial charge >= 0.3 is 0 Å². The summed E-state index contributed by atoms with van der Waals surface area (Å²) in [5.74, 6) is -0.0600. The Labute approximate surface area is 90.0 Å². The summed E-state index contributed by atoms with van der Waals surface area (Å²) < 4.78 is 14.0. The molecule has 0 radical (unpaired) electrons. The zero-order valence-corrected chi connectivity index (χ0v) is 9.14. The van der Waals surface area contributed by atoms with Crippen molar-refractivity contribution in [1.29, 1.82) is 0 Å². The summed E-state index contributed by atoms with van der Waals surface area (Å²) >= 11 is 3.15. The van der Waals surface area contributed by atoms with E-state index in [9.17, 15) is 4.39 Å². The van der Waals surface area contributed by atoms with E-state index in [1.165, 1.54) is 6.07 Å². The SMILES string of the molecule is NCC1(Nc2ncc(Br)cc2F)CC1. The molecule has 14 heavy (non-hydrogen) atoms. The topological polar surface area (TPSA) is 50.9 Å². The lowest BCUT2D eigenvalue weighted by molar-refractivity contribution is 0.614. The molecule has 1 aliphatic rings. The molecule has 3 N–H and O–H groups in total. The highest BCUT2D eigenvalue weighted by molar-refractivity contribution is 9.10. The summed E-state index contributed by atoms with van der Waals surface area (Å²) in [5.41, 5.74) is 5.47. The fourth-order valence-electron chi connectivity index (χ4n) is 1.29. The number of rotatable bonds is 3. The van der Waals surface area contributed by atoms with Gasteiger partial charge in [0.25, 0.3) is 0 Å². The van der Waals surface area contributed by atoms with E-state index in [-0.39, 0.29) is 17.2 Å². The Morgan fingerprint density at radius 1 is 1.64 bits per heavy atom. The van der Waals surface area contributed by atoms with Gasteiger partial charge in [0, 0.05) is 17.2 Å². The average molecular weight is 260 g/mol. The van der Waals surface area contributed by atoms with Crippen LogP contribution in [0.2, 0.25) is 0 Å². The number of nitrogens with one attached hydrogen (secondary N) is 1. The first-order chi connectivity index (χ1) is 6.65. The summed E-state index contributed by atoms with van der Waals surface area (Å²) in [7, 11) is 0. The monoisotopic (exact) mass is 259 g/mol. The quantitative estimate of drug-likeness (QED) is 0.872. The fourth-order valence-corrected chi connectivity index (χ4v) is 1.59. The number of halogens is 2. The van der Waals surface area contributed by atoms with Gasteiger partial charge in [-0.25, -0.2) is 9.37 Å². The molecule has 0 bridgehead atoms. The van der Waals surface area contributed by atoms with Gasteiger partial charge in [0.1, 0.15) is 0 Å². The molecule has 5 heteroatoms. The molecular weight excluding hydrogens is 249 g/mol. The standard InChI is InChI=1S/C9H11BrFN3/c10-6-3-7(11)8(13-4-6)14-9(5-12)1-2-9/h3-4H,1-2,5,12H2,(H,13,14). The van der Waals surface area contributed by atoms with Crippen molar-refractivity contribution in [3.05, 3.63) is 22.6 Å². The molecule has 0 atom stereocenters. The van der Waals surface area contributed by atoms with Crippen LogP contribution in [0.25, 0.3) is 0 Å². The fraction of sp³-hybridized carbons (Fsp3) is 0.444. The molecular formula is C9H11BrFN3. The zero-order valence-electron chi connectivity index (χ0n) is 7.56. The Kier molecular flexibility index (Phi) is 2.45. The number of nitrogens with two attached hydrogens (primary N) is 1. The van der Waals surface area contributed by atoms with Crippen LogP contribution in [0, 0.1) is 5.82 Å². The first-order valence-corrected chi connectivity index (χ1v) is 5.24. The molecule has 76 valence electrons. The lowest BCUT2D eigenvalue weighted by Gasteiger charge is -2.15. The van der Waals surface area contributed by atoms with Gasteiger partial charge < -0.3 is 11.1 Å². The van der Waals surface area contributed by atoms with Crippen molar-refractivity contribution in [1.82, 2.24) is 4.98 Å². The van der Waals surface area contributed by atoms with Crippen LogP contribution in [-0.4, -0.2) is 17.1 Å². The molecule has 0 aromatic carbocycles. The Bertz CT molecular complexity index is 352. The third kappa shape index (κ3) is 1.88. The van der Waals surface area contributed by atoms with Gasteiger partial charge in [-0.05, 0) is 34.8 Å². The van der Waals surface area contributed by atoms with E-state index >= 15 is 0 Å². The Balaban J connectivity index is 2.17. The highest BCUT2D eigenvalue weighted by Crippen LogP contribution is 2.37. The van der Waals surface area contributed by atoms with Crippen LogP contribution < -0.4 is 11.1 Å². The van der Waals surface area contributed by atoms with Gasteiger partial charge in [0.15, 0.2) is 11.6 Å². The van der Waals surface area contributed by atoms with Crippen LogP contribution in [0.1, 0.15) is 12.8 Å². The maximum Gasteiger partial charge on any atom is 0.166 e. The molecule has 0 aliphatic heterocycles. The Morgan fingerprint density at radius 3 is 2.86 bits per heavy atom. The number of anilines is 1. The average Bonchev–Trinajstić information content (AvgIpc) is 2.91. The number of hydrogen-bond donors (Lipinski definition) is 2. The molecule has 0 unspecified atom stereocenters. The minimum atomic E-state index is -0.348. The highest BCUT2D eigenvalue weighted by Gasteiger charge is 2.41. The highest BCUT2D eigenvalue weighted by atomic mass is 79.9. The van der Waals surface area contributed by atoms with Crippen molar-refractivity contribution in [3.63, 3.8) is 0 Å². The molecule has 3 nitrogen and oxygen atoms in total. The predicted octanol–water partition coefficient (Wildman–Crippen LogP) is 1.89. The second kappa shape index (κ2) is 3.47. The van der Waals surface area contributed by atoms with E-state index < -0.39 is 0 Å². The third-order valence-corrected chi connectivity index (χ3v) is 2.87. The molecule has 1 fully saturated rings. The van der Waals surface area contributed by atoms with Crippen LogP contribution in [0.4, 0.5) is 10.2 Å². The molecule has 1 saturated carbocycles. The zero-order chi connectivity index (χ0) is 10.2. The van der Waals surface area contributed by atoms with E-state index in [0.29, 0.717) is 11.0 Å². The van der Waals surface area contributed by atoms with Crippen molar-refractivity contribution in [2.75, 3.05) is 11.9 Å². The van der Waals surface area contributed by atoms with Gasteiger partial charge in [-0.1, -0.05) is 0 Å². The summed E-state index contributed by atoms with van der Waals surface area (Å²) in [6.45, 7) is 0.518. The summed E-state index contributed by atoms with van der Waals surface area (Å²) in [4.78, 5) is 3.96.